The van der Waals surface area contributed by atoms with E-state index in [1.165, 1.54) is 0 Å². The second-order valence-electron chi connectivity index (χ2n) is 4.39. The Balaban J connectivity index is 1.78. The summed E-state index contributed by atoms with van der Waals surface area (Å²) in [6.45, 7) is 0.505. The van der Waals surface area contributed by atoms with Crippen LogP contribution in [0.15, 0.2) is 53.0 Å². The molecule has 2 aromatic carbocycles. The van der Waals surface area contributed by atoms with Gasteiger partial charge in [-0.15, -0.1) is 0 Å². The van der Waals surface area contributed by atoms with Crippen molar-refractivity contribution in [2.75, 3.05) is 5.73 Å². The zero-order valence-corrected chi connectivity index (χ0v) is 11.8. The maximum Gasteiger partial charge on any atom is 0.128 e. The lowest BCUT2D eigenvalue weighted by Gasteiger charge is -2.04. The average molecular weight is 317 g/mol. The highest BCUT2D eigenvalue weighted by Crippen LogP contribution is 2.21. The molecule has 4 heteroatoms. The van der Waals surface area contributed by atoms with Gasteiger partial charge in [0.2, 0.25) is 0 Å². The number of aromatic nitrogens is 1. The minimum atomic E-state index is 0.505. The van der Waals surface area contributed by atoms with Crippen LogP contribution in [0.25, 0.3) is 10.9 Å². The first-order chi connectivity index (χ1) is 9.20. The van der Waals surface area contributed by atoms with Crippen LogP contribution < -0.4 is 10.5 Å². The van der Waals surface area contributed by atoms with Crippen LogP contribution >= 0.6 is 15.9 Å². The van der Waals surface area contributed by atoms with Crippen LogP contribution in [0.3, 0.4) is 0 Å². The van der Waals surface area contributed by atoms with Gasteiger partial charge in [0, 0.05) is 21.1 Å². The van der Waals surface area contributed by atoms with Gasteiger partial charge >= 0.3 is 0 Å². The summed E-state index contributed by atoms with van der Waals surface area (Å²) in [6.07, 6.45) is 0. The van der Waals surface area contributed by atoms with Gasteiger partial charge in [0.15, 0.2) is 0 Å². The Morgan fingerprint density at radius 2 is 2.00 bits per heavy atom. The first kappa shape index (κ1) is 12.1. The molecule has 0 amide bonds. The SMILES string of the molecule is Nc1ccc2[nH]c(COc3cccc(Br)c3)cc2c1. The number of fused-ring (bicyclic) bond motifs is 1. The van der Waals surface area contributed by atoms with E-state index >= 15 is 0 Å². The molecule has 3 aromatic rings. The summed E-state index contributed by atoms with van der Waals surface area (Å²) in [7, 11) is 0. The molecular formula is C15H13BrN2O. The number of H-pyrrole nitrogens is 1. The Bertz CT molecular complexity index is 721. The fourth-order valence-electron chi connectivity index (χ4n) is 2.01. The Morgan fingerprint density at radius 1 is 1.11 bits per heavy atom. The maximum absolute atomic E-state index is 5.76. The highest BCUT2D eigenvalue weighted by atomic mass is 79.9. The first-order valence-corrected chi connectivity index (χ1v) is 6.75. The molecule has 0 aliphatic carbocycles. The van der Waals surface area contributed by atoms with Crippen molar-refractivity contribution in [2.45, 2.75) is 6.61 Å². The summed E-state index contributed by atoms with van der Waals surface area (Å²) in [6, 6.07) is 15.7. The predicted octanol–water partition coefficient (Wildman–Crippen LogP) is 4.09. The Morgan fingerprint density at radius 3 is 2.84 bits per heavy atom. The molecule has 0 saturated heterocycles. The molecule has 0 atom stereocenters. The van der Waals surface area contributed by atoms with E-state index in [9.17, 15) is 0 Å². The molecule has 96 valence electrons. The number of benzene rings is 2. The van der Waals surface area contributed by atoms with Crippen molar-refractivity contribution in [3.05, 3.63) is 58.7 Å². The van der Waals surface area contributed by atoms with E-state index in [2.05, 4.69) is 27.0 Å². The molecule has 0 bridgehead atoms. The van der Waals surface area contributed by atoms with Crippen LogP contribution in [0.1, 0.15) is 5.69 Å². The van der Waals surface area contributed by atoms with Gasteiger partial charge in [0.05, 0.1) is 5.69 Å². The molecule has 19 heavy (non-hydrogen) atoms. The quantitative estimate of drug-likeness (QED) is 0.715. The Hall–Kier alpha value is -1.94. The minimum absolute atomic E-state index is 0.505. The molecule has 3 N–H and O–H groups in total. The number of hydrogen-bond acceptors (Lipinski definition) is 2. The van der Waals surface area contributed by atoms with Crippen molar-refractivity contribution in [1.82, 2.24) is 4.98 Å². The van der Waals surface area contributed by atoms with Crippen LogP contribution in [0.4, 0.5) is 5.69 Å². The Labute approximate surface area is 119 Å². The van der Waals surface area contributed by atoms with Crippen molar-refractivity contribution >= 4 is 32.5 Å². The molecule has 0 radical (unpaired) electrons. The highest BCUT2D eigenvalue weighted by Gasteiger charge is 2.02. The third-order valence-electron chi connectivity index (χ3n) is 2.89. The van der Waals surface area contributed by atoms with Gasteiger partial charge in [-0.3, -0.25) is 0 Å². The number of nitrogens with one attached hydrogen (secondary N) is 1. The van der Waals surface area contributed by atoms with Crippen molar-refractivity contribution in [3.8, 4) is 5.75 Å². The molecule has 0 saturated carbocycles. The van der Waals surface area contributed by atoms with Crippen LogP contribution in [0.2, 0.25) is 0 Å². The van der Waals surface area contributed by atoms with Crippen molar-refractivity contribution in [3.63, 3.8) is 0 Å². The molecule has 3 rings (SSSR count). The molecule has 0 aliphatic heterocycles. The fourth-order valence-corrected chi connectivity index (χ4v) is 2.39. The number of hydrogen-bond donors (Lipinski definition) is 2. The van der Waals surface area contributed by atoms with Gasteiger partial charge in [-0.25, -0.2) is 0 Å². The lowest BCUT2D eigenvalue weighted by atomic mass is 10.2. The molecule has 0 spiro atoms. The van der Waals surface area contributed by atoms with Gasteiger partial charge in [0.25, 0.3) is 0 Å². The lowest BCUT2D eigenvalue weighted by molar-refractivity contribution is 0.302. The van der Waals surface area contributed by atoms with Gasteiger partial charge in [-0.05, 0) is 42.5 Å². The van der Waals surface area contributed by atoms with E-state index in [1.807, 2.05) is 42.5 Å². The van der Waals surface area contributed by atoms with E-state index in [1.54, 1.807) is 0 Å². The molecule has 0 aliphatic rings. The molecule has 3 nitrogen and oxygen atoms in total. The fraction of sp³-hybridized carbons (Fsp3) is 0.0667. The first-order valence-electron chi connectivity index (χ1n) is 5.96. The number of nitrogens with two attached hydrogens (primary N) is 1. The predicted molar refractivity (Wildman–Crippen MR) is 81.2 cm³/mol. The Kier molecular flexibility index (Phi) is 3.17. The van der Waals surface area contributed by atoms with Crippen LogP contribution in [0.5, 0.6) is 5.75 Å². The summed E-state index contributed by atoms with van der Waals surface area (Å²) in [5, 5.41) is 1.10. The topological polar surface area (TPSA) is 51.0 Å². The molecule has 0 fully saturated rings. The number of halogens is 1. The molecular weight excluding hydrogens is 304 g/mol. The number of aromatic amines is 1. The van der Waals surface area contributed by atoms with Gasteiger partial charge in [0.1, 0.15) is 12.4 Å². The standard InChI is InChI=1S/C15H13BrN2O/c16-11-2-1-3-14(8-11)19-9-13-7-10-6-12(17)4-5-15(10)18-13/h1-8,18H,9,17H2. The molecule has 1 heterocycles. The monoisotopic (exact) mass is 316 g/mol. The summed E-state index contributed by atoms with van der Waals surface area (Å²) in [5.41, 5.74) is 8.63. The number of nitrogen functional groups attached to an aromatic ring is 1. The third kappa shape index (κ3) is 2.74. The van der Waals surface area contributed by atoms with Gasteiger partial charge in [-0.2, -0.15) is 0 Å². The second kappa shape index (κ2) is 4.97. The van der Waals surface area contributed by atoms with Crippen molar-refractivity contribution in [2.24, 2.45) is 0 Å². The summed E-state index contributed by atoms with van der Waals surface area (Å²) in [4.78, 5) is 3.32. The van der Waals surface area contributed by atoms with Gasteiger partial charge in [-0.1, -0.05) is 22.0 Å². The average Bonchev–Trinajstić information content (AvgIpc) is 2.78. The van der Waals surface area contributed by atoms with Gasteiger partial charge < -0.3 is 15.5 Å². The van der Waals surface area contributed by atoms with Crippen LogP contribution in [0, 0.1) is 0 Å². The third-order valence-corrected chi connectivity index (χ3v) is 3.38. The zero-order chi connectivity index (χ0) is 13.2. The van der Waals surface area contributed by atoms with Crippen LogP contribution in [-0.2, 0) is 6.61 Å². The van der Waals surface area contributed by atoms with E-state index < -0.39 is 0 Å². The lowest BCUT2D eigenvalue weighted by Crippen LogP contribution is -1.95. The summed E-state index contributed by atoms with van der Waals surface area (Å²) in [5.74, 6) is 0.840. The normalized spacial score (nSPS) is 10.8. The second-order valence-corrected chi connectivity index (χ2v) is 5.30. The van der Waals surface area contributed by atoms with Crippen LogP contribution in [-0.4, -0.2) is 4.98 Å². The number of rotatable bonds is 3. The van der Waals surface area contributed by atoms with Crippen molar-refractivity contribution in [1.29, 1.82) is 0 Å². The van der Waals surface area contributed by atoms with E-state index in [0.29, 0.717) is 6.61 Å². The maximum atomic E-state index is 5.76. The minimum Gasteiger partial charge on any atom is -0.487 e. The molecule has 0 unspecified atom stereocenters. The van der Waals surface area contributed by atoms with E-state index in [-0.39, 0.29) is 0 Å². The number of anilines is 1. The highest BCUT2D eigenvalue weighted by molar-refractivity contribution is 9.10. The van der Waals surface area contributed by atoms with E-state index in [0.717, 1.165) is 32.5 Å². The van der Waals surface area contributed by atoms with Crippen molar-refractivity contribution < 1.29 is 4.74 Å². The smallest absolute Gasteiger partial charge is 0.128 e. The summed E-state index contributed by atoms with van der Waals surface area (Å²) >= 11 is 3.42. The largest absolute Gasteiger partial charge is 0.487 e. The molecule has 1 aromatic heterocycles. The van der Waals surface area contributed by atoms with E-state index in [4.69, 9.17) is 10.5 Å². The number of ether oxygens (including phenoxy) is 1. The zero-order valence-electron chi connectivity index (χ0n) is 10.2. The summed E-state index contributed by atoms with van der Waals surface area (Å²) < 4.78 is 6.75.